The van der Waals surface area contributed by atoms with Crippen molar-refractivity contribution in [3.05, 3.63) is 70.5 Å². The monoisotopic (exact) mass is 385 g/mol. The van der Waals surface area contributed by atoms with E-state index >= 15 is 0 Å². The summed E-state index contributed by atoms with van der Waals surface area (Å²) in [5.41, 5.74) is 2.03. The highest BCUT2D eigenvalue weighted by Crippen LogP contribution is 2.24. The van der Waals surface area contributed by atoms with Gasteiger partial charge < -0.3 is 9.47 Å². The minimum absolute atomic E-state index is 0.0746. The summed E-state index contributed by atoms with van der Waals surface area (Å²) in [4.78, 5) is 24.1. The molecule has 0 radical (unpaired) electrons. The Morgan fingerprint density at radius 2 is 2.04 bits per heavy atom. The summed E-state index contributed by atoms with van der Waals surface area (Å²) < 4.78 is 9.85. The van der Waals surface area contributed by atoms with Crippen LogP contribution >= 0.6 is 11.6 Å². The number of aromatic nitrogens is 2. The van der Waals surface area contributed by atoms with Gasteiger partial charge in [0.05, 0.1) is 23.8 Å². The molecule has 0 aliphatic heterocycles. The Hall–Kier alpha value is -3.32. The van der Waals surface area contributed by atoms with E-state index in [-0.39, 0.29) is 12.3 Å². The van der Waals surface area contributed by atoms with Gasteiger partial charge in [-0.15, -0.1) is 0 Å². The van der Waals surface area contributed by atoms with Crippen LogP contribution in [0.3, 0.4) is 0 Å². The molecule has 0 fully saturated rings. The molecule has 7 nitrogen and oxygen atoms in total. The van der Waals surface area contributed by atoms with Gasteiger partial charge in [0.15, 0.2) is 0 Å². The number of hydrogen-bond donors (Lipinski definition) is 2. The lowest BCUT2D eigenvalue weighted by atomic mass is 10.1. The minimum Gasteiger partial charge on any atom is -0.464 e. The van der Waals surface area contributed by atoms with Crippen LogP contribution in [0.5, 0.6) is 0 Å². The van der Waals surface area contributed by atoms with Crippen LogP contribution in [0.25, 0.3) is 17.0 Å². The summed E-state index contributed by atoms with van der Waals surface area (Å²) in [6, 6.07) is 12.6. The maximum Gasteiger partial charge on any atom is 0.412 e. The van der Waals surface area contributed by atoms with Gasteiger partial charge in [-0.1, -0.05) is 41.9 Å². The van der Waals surface area contributed by atoms with Gasteiger partial charge >= 0.3 is 12.1 Å². The Morgan fingerprint density at radius 3 is 2.78 bits per heavy atom. The molecule has 3 rings (SSSR count). The number of methoxy groups -OCH3 is 1. The van der Waals surface area contributed by atoms with E-state index in [0.717, 1.165) is 10.9 Å². The number of carbonyl (C=O) groups excluding carboxylic acids is 2. The Labute approximate surface area is 159 Å². The Balaban J connectivity index is 1.77. The van der Waals surface area contributed by atoms with Gasteiger partial charge in [0, 0.05) is 5.39 Å². The van der Waals surface area contributed by atoms with Crippen LogP contribution in [-0.4, -0.2) is 29.4 Å². The second-order valence-corrected chi connectivity index (χ2v) is 5.98. The molecule has 0 aliphatic carbocycles. The number of esters is 1. The van der Waals surface area contributed by atoms with Gasteiger partial charge in [0.1, 0.15) is 12.3 Å². The molecule has 0 aliphatic rings. The molecule has 27 heavy (non-hydrogen) atoms. The quantitative estimate of drug-likeness (QED) is 0.516. The number of alkyl carbamates (subject to hydrolysis) is 1. The number of hydrogen-bond acceptors (Lipinski definition) is 5. The third-order valence-electron chi connectivity index (χ3n) is 3.69. The molecule has 1 amide bonds. The van der Waals surface area contributed by atoms with Crippen molar-refractivity contribution in [2.45, 2.75) is 6.61 Å². The van der Waals surface area contributed by atoms with Crippen molar-refractivity contribution >= 4 is 40.6 Å². The van der Waals surface area contributed by atoms with Gasteiger partial charge in [-0.25, -0.2) is 9.59 Å². The van der Waals surface area contributed by atoms with Gasteiger partial charge in [-0.05, 0) is 29.3 Å². The van der Waals surface area contributed by atoms with Crippen LogP contribution in [0, 0.1) is 0 Å². The molecular formula is C19H16ClN3O4. The highest BCUT2D eigenvalue weighted by Gasteiger charge is 2.15. The maximum atomic E-state index is 12.1. The maximum absolute atomic E-state index is 12.1. The van der Waals surface area contributed by atoms with Crippen molar-refractivity contribution in [2.24, 2.45) is 0 Å². The first-order chi connectivity index (χ1) is 13.1. The Morgan fingerprint density at radius 1 is 1.26 bits per heavy atom. The average molecular weight is 386 g/mol. The summed E-state index contributed by atoms with van der Waals surface area (Å²) >= 11 is 6.20. The largest absolute Gasteiger partial charge is 0.464 e. The molecule has 0 spiro atoms. The van der Waals surface area contributed by atoms with Crippen LogP contribution in [-0.2, 0) is 20.9 Å². The predicted molar refractivity (Wildman–Crippen MR) is 101 cm³/mol. The van der Waals surface area contributed by atoms with Crippen molar-refractivity contribution in [2.75, 3.05) is 7.11 Å². The van der Waals surface area contributed by atoms with Crippen molar-refractivity contribution in [1.82, 2.24) is 15.5 Å². The van der Waals surface area contributed by atoms with Crippen molar-refractivity contribution in [3.8, 4) is 0 Å². The fourth-order valence-electron chi connectivity index (χ4n) is 2.41. The molecule has 2 N–H and O–H groups in total. The van der Waals surface area contributed by atoms with Crippen LogP contribution in [0.2, 0.25) is 5.02 Å². The van der Waals surface area contributed by atoms with E-state index in [1.165, 1.54) is 13.2 Å². The number of amides is 1. The first-order valence-corrected chi connectivity index (χ1v) is 8.35. The highest BCUT2D eigenvalue weighted by molar-refractivity contribution is 6.35. The number of fused-ring (bicyclic) bond motifs is 1. The van der Waals surface area contributed by atoms with E-state index < -0.39 is 12.1 Å². The third kappa shape index (κ3) is 4.65. The zero-order valence-electron chi connectivity index (χ0n) is 14.4. The zero-order valence-corrected chi connectivity index (χ0v) is 15.1. The number of nitrogens with one attached hydrogen (secondary N) is 2. The molecule has 0 atom stereocenters. The molecular weight excluding hydrogens is 370 g/mol. The van der Waals surface area contributed by atoms with Crippen molar-refractivity contribution < 1.29 is 19.1 Å². The molecule has 0 bridgehead atoms. The van der Waals surface area contributed by atoms with E-state index in [0.29, 0.717) is 16.1 Å². The van der Waals surface area contributed by atoms with E-state index in [4.69, 9.17) is 21.1 Å². The number of ether oxygens (including phenoxy) is 2. The first kappa shape index (κ1) is 18.5. The second-order valence-electron chi connectivity index (χ2n) is 5.57. The van der Waals surface area contributed by atoms with Crippen LogP contribution in [0.4, 0.5) is 4.79 Å². The van der Waals surface area contributed by atoms with E-state index in [2.05, 4.69) is 15.5 Å². The lowest BCUT2D eigenvalue weighted by molar-refractivity contribution is -0.136. The second kappa shape index (κ2) is 8.37. The van der Waals surface area contributed by atoms with Gasteiger partial charge in [0.25, 0.3) is 0 Å². The van der Waals surface area contributed by atoms with E-state index in [1.807, 2.05) is 30.3 Å². The fraction of sp³-hybridized carbons (Fsp3) is 0.105. The number of nitrogens with zero attached hydrogens (tertiary/aromatic N) is 1. The number of aromatic amines is 1. The Kier molecular flexibility index (Phi) is 5.73. The summed E-state index contributed by atoms with van der Waals surface area (Å²) in [5, 5.41) is 10.3. The normalized spacial score (nSPS) is 11.3. The zero-order chi connectivity index (χ0) is 19.2. The van der Waals surface area contributed by atoms with Crippen LogP contribution < -0.4 is 5.32 Å². The number of rotatable bonds is 5. The fourth-order valence-corrected chi connectivity index (χ4v) is 2.69. The average Bonchev–Trinajstić information content (AvgIpc) is 3.15. The smallest absolute Gasteiger partial charge is 0.412 e. The molecule has 0 saturated carbocycles. The number of halogens is 1. The highest BCUT2D eigenvalue weighted by atomic mass is 35.5. The van der Waals surface area contributed by atoms with Gasteiger partial charge in [-0.2, -0.15) is 5.10 Å². The first-order valence-electron chi connectivity index (χ1n) is 7.97. The van der Waals surface area contributed by atoms with E-state index in [1.54, 1.807) is 18.3 Å². The van der Waals surface area contributed by atoms with E-state index in [9.17, 15) is 9.59 Å². The molecule has 0 saturated heterocycles. The predicted octanol–water partition coefficient (Wildman–Crippen LogP) is 3.66. The molecule has 2 aromatic carbocycles. The topological polar surface area (TPSA) is 93.3 Å². The van der Waals surface area contributed by atoms with Crippen molar-refractivity contribution in [1.29, 1.82) is 0 Å². The molecule has 1 heterocycles. The lowest BCUT2D eigenvalue weighted by Gasteiger charge is -2.09. The van der Waals surface area contributed by atoms with Gasteiger partial charge in [0.2, 0.25) is 0 Å². The summed E-state index contributed by atoms with van der Waals surface area (Å²) in [7, 11) is 1.22. The standard InChI is InChI=1S/C19H16ClN3O4/c1-26-18(24)16(22-19(25)27-11-12-5-3-2-4-6-12)9-13-7-14-10-21-23-17(14)15(20)8-13/h2-10H,11H2,1H3,(H,21,23)(H,22,25)/b16-9+. The Bertz CT molecular complexity index is 999. The number of carbonyl (C=O) groups is 2. The number of benzene rings is 2. The molecule has 138 valence electrons. The van der Waals surface area contributed by atoms with Crippen LogP contribution in [0.1, 0.15) is 11.1 Å². The molecule has 8 heteroatoms. The van der Waals surface area contributed by atoms with Crippen molar-refractivity contribution in [3.63, 3.8) is 0 Å². The molecule has 3 aromatic rings. The summed E-state index contributed by atoms with van der Waals surface area (Å²) in [6.45, 7) is 0.0773. The molecule has 0 unspecified atom stereocenters. The number of H-pyrrole nitrogens is 1. The summed E-state index contributed by atoms with van der Waals surface area (Å²) in [5.74, 6) is -0.713. The minimum atomic E-state index is -0.772. The van der Waals surface area contributed by atoms with Crippen LogP contribution in [0.15, 0.2) is 54.4 Å². The van der Waals surface area contributed by atoms with Gasteiger partial charge in [-0.3, -0.25) is 10.4 Å². The SMILES string of the molecule is COC(=O)/C(=C\c1cc(Cl)c2[nH]ncc2c1)NC(=O)OCc1ccccc1. The third-order valence-corrected chi connectivity index (χ3v) is 3.99. The summed E-state index contributed by atoms with van der Waals surface area (Å²) in [6.07, 6.45) is 2.29. The lowest BCUT2D eigenvalue weighted by Crippen LogP contribution is -2.28. The molecule has 1 aromatic heterocycles.